The zero-order valence-electron chi connectivity index (χ0n) is 12.1. The summed E-state index contributed by atoms with van der Waals surface area (Å²) in [7, 11) is 0. The SMILES string of the molecule is Brc1ccc(CCNC2CCCC2C2CCCN2)cc1. The molecule has 0 radical (unpaired) electrons. The molecule has 1 aliphatic carbocycles. The van der Waals surface area contributed by atoms with E-state index in [1.165, 1.54) is 44.2 Å². The van der Waals surface area contributed by atoms with Gasteiger partial charge in [0.25, 0.3) is 0 Å². The van der Waals surface area contributed by atoms with Crippen molar-refractivity contribution in [3.05, 3.63) is 34.3 Å². The molecule has 1 saturated carbocycles. The molecule has 3 rings (SSSR count). The fourth-order valence-corrected chi connectivity index (χ4v) is 4.12. The molecule has 0 bridgehead atoms. The van der Waals surface area contributed by atoms with Crippen molar-refractivity contribution < 1.29 is 0 Å². The lowest BCUT2D eigenvalue weighted by Crippen LogP contribution is -2.42. The quantitative estimate of drug-likeness (QED) is 0.859. The Morgan fingerprint density at radius 1 is 1.10 bits per heavy atom. The molecule has 20 heavy (non-hydrogen) atoms. The van der Waals surface area contributed by atoms with E-state index in [0.717, 1.165) is 35.4 Å². The zero-order chi connectivity index (χ0) is 13.8. The molecule has 0 amide bonds. The van der Waals surface area contributed by atoms with E-state index in [9.17, 15) is 0 Å². The highest BCUT2D eigenvalue weighted by atomic mass is 79.9. The summed E-state index contributed by atoms with van der Waals surface area (Å²) in [5.41, 5.74) is 1.43. The molecule has 1 aliphatic heterocycles. The molecule has 2 nitrogen and oxygen atoms in total. The van der Waals surface area contributed by atoms with Gasteiger partial charge in [-0.25, -0.2) is 0 Å². The van der Waals surface area contributed by atoms with Gasteiger partial charge in [-0.2, -0.15) is 0 Å². The third-order valence-corrected chi connectivity index (χ3v) is 5.45. The van der Waals surface area contributed by atoms with Gasteiger partial charge < -0.3 is 10.6 Å². The first kappa shape index (κ1) is 14.6. The van der Waals surface area contributed by atoms with Crippen molar-refractivity contribution in [3.63, 3.8) is 0 Å². The van der Waals surface area contributed by atoms with Crippen molar-refractivity contribution in [2.75, 3.05) is 13.1 Å². The van der Waals surface area contributed by atoms with Crippen LogP contribution in [0.25, 0.3) is 0 Å². The van der Waals surface area contributed by atoms with Crippen LogP contribution in [0.4, 0.5) is 0 Å². The fraction of sp³-hybridized carbons (Fsp3) is 0.647. The molecule has 110 valence electrons. The second kappa shape index (κ2) is 7.06. The van der Waals surface area contributed by atoms with Crippen molar-refractivity contribution in [2.45, 2.75) is 50.6 Å². The van der Waals surface area contributed by atoms with Gasteiger partial charge in [0, 0.05) is 16.6 Å². The molecule has 1 heterocycles. The predicted molar refractivity (Wildman–Crippen MR) is 88.0 cm³/mol. The van der Waals surface area contributed by atoms with Crippen LogP contribution in [0.5, 0.6) is 0 Å². The summed E-state index contributed by atoms with van der Waals surface area (Å²) in [6.07, 6.45) is 8.06. The van der Waals surface area contributed by atoms with Gasteiger partial charge in [0.15, 0.2) is 0 Å². The Morgan fingerprint density at radius 3 is 2.70 bits per heavy atom. The largest absolute Gasteiger partial charge is 0.314 e. The van der Waals surface area contributed by atoms with Gasteiger partial charge in [-0.05, 0) is 68.8 Å². The topological polar surface area (TPSA) is 24.1 Å². The van der Waals surface area contributed by atoms with Gasteiger partial charge in [-0.3, -0.25) is 0 Å². The molecule has 1 saturated heterocycles. The summed E-state index contributed by atoms with van der Waals surface area (Å²) in [5.74, 6) is 0.863. The van der Waals surface area contributed by atoms with E-state index in [-0.39, 0.29) is 0 Å². The molecular weight excluding hydrogens is 312 g/mol. The fourth-order valence-electron chi connectivity index (χ4n) is 3.85. The molecule has 3 unspecified atom stereocenters. The van der Waals surface area contributed by atoms with Crippen LogP contribution < -0.4 is 10.6 Å². The summed E-state index contributed by atoms with van der Waals surface area (Å²) in [6.45, 7) is 2.34. The second-order valence-electron chi connectivity index (χ2n) is 6.23. The van der Waals surface area contributed by atoms with E-state index in [1.54, 1.807) is 0 Å². The first-order valence-electron chi connectivity index (χ1n) is 8.04. The van der Waals surface area contributed by atoms with Gasteiger partial charge in [0.05, 0.1) is 0 Å². The average molecular weight is 337 g/mol. The Hall–Kier alpha value is -0.380. The van der Waals surface area contributed by atoms with Gasteiger partial charge in [0.2, 0.25) is 0 Å². The van der Waals surface area contributed by atoms with Crippen LogP contribution in [0, 0.1) is 5.92 Å². The van der Waals surface area contributed by atoms with Crippen molar-refractivity contribution in [1.82, 2.24) is 10.6 Å². The van der Waals surface area contributed by atoms with E-state index in [1.807, 2.05) is 0 Å². The molecule has 3 atom stereocenters. The Labute approximate surface area is 130 Å². The number of hydrogen-bond donors (Lipinski definition) is 2. The van der Waals surface area contributed by atoms with E-state index in [2.05, 4.69) is 50.8 Å². The van der Waals surface area contributed by atoms with E-state index in [0.29, 0.717) is 0 Å². The first-order chi connectivity index (χ1) is 9.83. The Balaban J connectivity index is 1.46. The molecular formula is C17H25BrN2. The second-order valence-corrected chi connectivity index (χ2v) is 7.15. The Bertz CT molecular complexity index is 412. The normalized spacial score (nSPS) is 29.9. The number of benzene rings is 1. The highest BCUT2D eigenvalue weighted by molar-refractivity contribution is 9.10. The van der Waals surface area contributed by atoms with Crippen LogP contribution in [-0.2, 0) is 6.42 Å². The van der Waals surface area contributed by atoms with E-state index < -0.39 is 0 Å². The lowest BCUT2D eigenvalue weighted by molar-refractivity contribution is 0.322. The molecule has 1 aromatic carbocycles. The van der Waals surface area contributed by atoms with Crippen LogP contribution in [0.3, 0.4) is 0 Å². The average Bonchev–Trinajstić information content (AvgIpc) is 3.11. The maximum atomic E-state index is 3.82. The molecule has 1 aromatic rings. The van der Waals surface area contributed by atoms with Crippen molar-refractivity contribution in [1.29, 1.82) is 0 Å². The monoisotopic (exact) mass is 336 g/mol. The van der Waals surface area contributed by atoms with E-state index in [4.69, 9.17) is 0 Å². The van der Waals surface area contributed by atoms with Crippen LogP contribution in [-0.4, -0.2) is 25.2 Å². The minimum absolute atomic E-state index is 0.737. The maximum absolute atomic E-state index is 3.82. The molecule has 2 aliphatic rings. The maximum Gasteiger partial charge on any atom is 0.0175 e. The van der Waals surface area contributed by atoms with Crippen LogP contribution in [0.2, 0.25) is 0 Å². The Morgan fingerprint density at radius 2 is 1.95 bits per heavy atom. The smallest absolute Gasteiger partial charge is 0.0175 e. The molecule has 3 heteroatoms. The summed E-state index contributed by atoms with van der Waals surface area (Å²) < 4.78 is 1.16. The summed E-state index contributed by atoms with van der Waals surface area (Å²) in [5, 5.41) is 7.52. The predicted octanol–water partition coefficient (Wildman–Crippen LogP) is 3.50. The van der Waals surface area contributed by atoms with Gasteiger partial charge >= 0.3 is 0 Å². The highest BCUT2D eigenvalue weighted by Crippen LogP contribution is 2.31. The Kier molecular flexibility index (Phi) is 5.14. The number of rotatable bonds is 5. The molecule has 0 spiro atoms. The molecule has 2 fully saturated rings. The van der Waals surface area contributed by atoms with Crippen LogP contribution >= 0.6 is 15.9 Å². The van der Waals surface area contributed by atoms with Gasteiger partial charge in [-0.1, -0.05) is 34.5 Å². The molecule has 2 N–H and O–H groups in total. The lowest BCUT2D eigenvalue weighted by Gasteiger charge is -2.26. The summed E-state index contributed by atoms with van der Waals surface area (Å²) in [6, 6.07) is 10.2. The third-order valence-electron chi connectivity index (χ3n) is 4.92. The third kappa shape index (κ3) is 3.63. The zero-order valence-corrected chi connectivity index (χ0v) is 13.7. The lowest BCUT2D eigenvalue weighted by atomic mass is 9.93. The minimum atomic E-state index is 0.737. The number of nitrogens with one attached hydrogen (secondary N) is 2. The van der Waals surface area contributed by atoms with Crippen LogP contribution in [0.15, 0.2) is 28.7 Å². The summed E-state index contributed by atoms with van der Waals surface area (Å²) in [4.78, 5) is 0. The van der Waals surface area contributed by atoms with Crippen LogP contribution in [0.1, 0.15) is 37.7 Å². The van der Waals surface area contributed by atoms with Gasteiger partial charge in [-0.15, -0.1) is 0 Å². The van der Waals surface area contributed by atoms with E-state index >= 15 is 0 Å². The first-order valence-corrected chi connectivity index (χ1v) is 8.83. The van der Waals surface area contributed by atoms with Crippen molar-refractivity contribution in [3.8, 4) is 0 Å². The summed E-state index contributed by atoms with van der Waals surface area (Å²) >= 11 is 3.49. The number of halogens is 1. The minimum Gasteiger partial charge on any atom is -0.314 e. The number of hydrogen-bond acceptors (Lipinski definition) is 2. The van der Waals surface area contributed by atoms with Gasteiger partial charge in [0.1, 0.15) is 0 Å². The standard InChI is InChI=1S/C17H25BrN2/c18-14-8-6-13(7-9-14)10-12-20-16-4-1-3-15(16)17-5-2-11-19-17/h6-9,15-17,19-20H,1-5,10-12H2. The highest BCUT2D eigenvalue weighted by Gasteiger charge is 2.34. The van der Waals surface area contributed by atoms with Crippen molar-refractivity contribution in [2.24, 2.45) is 5.92 Å². The van der Waals surface area contributed by atoms with Crippen molar-refractivity contribution >= 4 is 15.9 Å². The molecule has 0 aromatic heterocycles.